The number of carbonyl (C=O) groups excluding carboxylic acids is 3. The van der Waals surface area contributed by atoms with E-state index in [0.717, 1.165) is 7.11 Å². The Labute approximate surface area is 134 Å². The quantitative estimate of drug-likeness (QED) is 0.807. The van der Waals surface area contributed by atoms with E-state index in [1.54, 1.807) is 18.2 Å². The molecule has 0 spiro atoms. The second-order valence-corrected chi connectivity index (χ2v) is 5.26. The van der Waals surface area contributed by atoms with Crippen LogP contribution >= 0.6 is 0 Å². The summed E-state index contributed by atoms with van der Waals surface area (Å²) in [6.45, 7) is 5.91. The van der Waals surface area contributed by atoms with Crippen LogP contribution in [-0.4, -0.2) is 37.8 Å². The summed E-state index contributed by atoms with van der Waals surface area (Å²) < 4.78 is 14.8. The minimum Gasteiger partial charge on any atom is -0.493 e. The monoisotopic (exact) mass is 323 g/mol. The van der Waals surface area contributed by atoms with Crippen LogP contribution in [0.15, 0.2) is 24.3 Å². The first-order chi connectivity index (χ1) is 10.8. The fraction of sp³-hybridized carbons (Fsp3) is 0.438. The predicted octanol–water partition coefficient (Wildman–Crippen LogP) is 2.15. The molecule has 1 atom stereocenters. The summed E-state index contributed by atoms with van der Waals surface area (Å²) in [5.41, 5.74) is 0.254. The second kappa shape index (κ2) is 8.77. The van der Waals surface area contributed by atoms with Crippen molar-refractivity contribution in [2.75, 3.05) is 13.7 Å². The van der Waals surface area contributed by atoms with E-state index < -0.39 is 24.1 Å². The highest BCUT2D eigenvalue weighted by Gasteiger charge is 2.21. The van der Waals surface area contributed by atoms with E-state index in [0.29, 0.717) is 18.3 Å². The van der Waals surface area contributed by atoms with Gasteiger partial charge in [-0.15, -0.1) is 0 Å². The van der Waals surface area contributed by atoms with Crippen molar-refractivity contribution in [3.8, 4) is 5.75 Å². The van der Waals surface area contributed by atoms with Gasteiger partial charge in [-0.2, -0.15) is 0 Å². The molecule has 0 saturated carbocycles. The van der Waals surface area contributed by atoms with Gasteiger partial charge in [-0.3, -0.25) is 10.1 Å². The lowest BCUT2D eigenvalue weighted by molar-refractivity contribution is -0.128. The van der Waals surface area contributed by atoms with Gasteiger partial charge in [0.1, 0.15) is 5.75 Å². The number of alkyl carbamates (subject to hydrolysis) is 1. The van der Waals surface area contributed by atoms with E-state index >= 15 is 0 Å². The summed E-state index contributed by atoms with van der Waals surface area (Å²) in [5.74, 6) is -0.558. The number of esters is 1. The second-order valence-electron chi connectivity index (χ2n) is 5.26. The molecule has 2 amide bonds. The molecule has 1 aromatic rings. The van der Waals surface area contributed by atoms with Crippen LogP contribution in [0, 0.1) is 5.92 Å². The van der Waals surface area contributed by atoms with Crippen molar-refractivity contribution in [3.05, 3.63) is 29.8 Å². The SMILES string of the molecule is COC(=O)NC(=O)[C@H](C)OC(=O)c1cccc(OCC(C)C)c1. The number of hydrogen-bond donors (Lipinski definition) is 1. The normalized spacial score (nSPS) is 11.5. The maximum Gasteiger partial charge on any atom is 0.413 e. The van der Waals surface area contributed by atoms with Crippen molar-refractivity contribution in [2.24, 2.45) is 5.92 Å². The topological polar surface area (TPSA) is 90.9 Å². The molecule has 0 fully saturated rings. The summed E-state index contributed by atoms with van der Waals surface area (Å²) >= 11 is 0. The zero-order chi connectivity index (χ0) is 17.4. The first kappa shape index (κ1) is 18.5. The van der Waals surface area contributed by atoms with E-state index in [2.05, 4.69) is 4.74 Å². The van der Waals surface area contributed by atoms with Crippen molar-refractivity contribution >= 4 is 18.0 Å². The zero-order valence-electron chi connectivity index (χ0n) is 13.6. The number of methoxy groups -OCH3 is 1. The highest BCUT2D eigenvalue weighted by Crippen LogP contribution is 2.15. The van der Waals surface area contributed by atoms with Gasteiger partial charge in [0.05, 0.1) is 19.3 Å². The van der Waals surface area contributed by atoms with Gasteiger partial charge in [0.2, 0.25) is 0 Å². The largest absolute Gasteiger partial charge is 0.493 e. The molecule has 7 nitrogen and oxygen atoms in total. The number of nitrogens with one attached hydrogen (secondary N) is 1. The summed E-state index contributed by atoms with van der Waals surface area (Å²) in [7, 11) is 1.13. The number of amides is 2. The van der Waals surface area contributed by atoms with Gasteiger partial charge in [-0.1, -0.05) is 19.9 Å². The first-order valence-electron chi connectivity index (χ1n) is 7.16. The molecule has 0 aromatic heterocycles. The molecule has 0 unspecified atom stereocenters. The molecule has 23 heavy (non-hydrogen) atoms. The summed E-state index contributed by atoms with van der Waals surface area (Å²) in [6.07, 6.45) is -2.05. The van der Waals surface area contributed by atoms with Gasteiger partial charge in [-0.25, -0.2) is 9.59 Å². The highest BCUT2D eigenvalue weighted by atomic mass is 16.6. The van der Waals surface area contributed by atoms with Crippen molar-refractivity contribution in [2.45, 2.75) is 26.9 Å². The third kappa shape index (κ3) is 6.37. The van der Waals surface area contributed by atoms with Crippen LogP contribution in [0.4, 0.5) is 4.79 Å². The van der Waals surface area contributed by atoms with Crippen LogP contribution in [-0.2, 0) is 14.3 Å². The summed E-state index contributed by atoms with van der Waals surface area (Å²) in [6, 6.07) is 6.48. The fourth-order valence-corrected chi connectivity index (χ4v) is 1.51. The number of benzene rings is 1. The molecule has 0 aliphatic heterocycles. The standard InChI is InChI=1S/C16H21NO6/c1-10(2)9-22-13-7-5-6-12(8-13)15(19)23-11(3)14(18)17-16(20)21-4/h5-8,10-11H,9H2,1-4H3,(H,17,18,20)/t11-/m0/s1. The highest BCUT2D eigenvalue weighted by molar-refractivity contribution is 5.97. The minimum absolute atomic E-state index is 0.254. The maximum atomic E-state index is 12.0. The Morgan fingerprint density at radius 2 is 1.87 bits per heavy atom. The average molecular weight is 323 g/mol. The molecule has 0 aliphatic carbocycles. The van der Waals surface area contributed by atoms with E-state index in [1.807, 2.05) is 19.2 Å². The lowest BCUT2D eigenvalue weighted by Gasteiger charge is -2.13. The third-order valence-corrected chi connectivity index (χ3v) is 2.72. The van der Waals surface area contributed by atoms with E-state index in [-0.39, 0.29) is 5.56 Å². The van der Waals surface area contributed by atoms with Gasteiger partial charge in [-0.05, 0) is 31.0 Å². The molecule has 0 aliphatic rings. The smallest absolute Gasteiger partial charge is 0.413 e. The Bertz CT molecular complexity index is 569. The molecule has 0 bridgehead atoms. The lowest BCUT2D eigenvalue weighted by atomic mass is 10.2. The van der Waals surface area contributed by atoms with Gasteiger partial charge in [0.25, 0.3) is 5.91 Å². The van der Waals surface area contributed by atoms with Crippen LogP contribution in [0.3, 0.4) is 0 Å². The Morgan fingerprint density at radius 1 is 1.17 bits per heavy atom. The van der Waals surface area contributed by atoms with Crippen LogP contribution in [0.5, 0.6) is 5.75 Å². The number of hydrogen-bond acceptors (Lipinski definition) is 6. The summed E-state index contributed by atoms with van der Waals surface area (Å²) in [5, 5.41) is 1.93. The Morgan fingerprint density at radius 3 is 2.48 bits per heavy atom. The molecule has 126 valence electrons. The molecule has 0 saturated heterocycles. The van der Waals surface area contributed by atoms with Crippen molar-refractivity contribution in [1.82, 2.24) is 5.32 Å². The molecule has 1 aromatic carbocycles. The molecule has 7 heteroatoms. The summed E-state index contributed by atoms with van der Waals surface area (Å²) in [4.78, 5) is 34.6. The number of imide groups is 1. The van der Waals surface area contributed by atoms with Crippen LogP contribution in [0.1, 0.15) is 31.1 Å². The number of ether oxygens (including phenoxy) is 3. The van der Waals surface area contributed by atoms with Crippen molar-refractivity contribution in [1.29, 1.82) is 0 Å². The zero-order valence-corrected chi connectivity index (χ0v) is 13.6. The van der Waals surface area contributed by atoms with Crippen molar-refractivity contribution in [3.63, 3.8) is 0 Å². The van der Waals surface area contributed by atoms with E-state index in [4.69, 9.17) is 9.47 Å². The lowest BCUT2D eigenvalue weighted by Crippen LogP contribution is -2.39. The van der Waals surface area contributed by atoms with Crippen LogP contribution in [0.2, 0.25) is 0 Å². The molecular formula is C16H21NO6. The van der Waals surface area contributed by atoms with Crippen molar-refractivity contribution < 1.29 is 28.6 Å². The number of carbonyl (C=O) groups is 3. The molecule has 0 heterocycles. The van der Waals surface area contributed by atoms with Gasteiger partial charge < -0.3 is 14.2 Å². The molecule has 1 rings (SSSR count). The Balaban J connectivity index is 2.65. The molecule has 1 N–H and O–H groups in total. The minimum atomic E-state index is -1.14. The van der Waals surface area contributed by atoms with Gasteiger partial charge in [0.15, 0.2) is 6.10 Å². The predicted molar refractivity (Wildman–Crippen MR) is 82.2 cm³/mol. The van der Waals surface area contributed by atoms with E-state index in [9.17, 15) is 14.4 Å². The Kier molecular flexibility index (Phi) is 7.05. The van der Waals surface area contributed by atoms with Crippen LogP contribution in [0.25, 0.3) is 0 Å². The maximum absolute atomic E-state index is 12.0. The third-order valence-electron chi connectivity index (χ3n) is 2.72. The van der Waals surface area contributed by atoms with E-state index in [1.165, 1.54) is 13.0 Å². The first-order valence-corrected chi connectivity index (χ1v) is 7.16. The Hall–Kier alpha value is -2.57. The van der Waals surface area contributed by atoms with Gasteiger partial charge >= 0.3 is 12.1 Å². The fourth-order valence-electron chi connectivity index (χ4n) is 1.51. The average Bonchev–Trinajstić information content (AvgIpc) is 2.52. The van der Waals surface area contributed by atoms with Gasteiger partial charge in [0, 0.05) is 0 Å². The molecule has 0 radical (unpaired) electrons. The molecular weight excluding hydrogens is 302 g/mol. The number of rotatable bonds is 6. The van der Waals surface area contributed by atoms with Crippen LogP contribution < -0.4 is 10.1 Å².